The monoisotopic (exact) mass is 204 g/mol. The minimum absolute atomic E-state index is 0.00961. The van der Waals surface area contributed by atoms with Crippen LogP contribution in [0.15, 0.2) is 15.7 Å². The molecule has 0 saturated heterocycles. The molecule has 5 nitrogen and oxygen atoms in total. The first-order valence-corrected chi connectivity index (χ1v) is 5.34. The third-order valence-corrected chi connectivity index (χ3v) is 2.22. The maximum absolute atomic E-state index is 11.2. The predicted molar refractivity (Wildman–Crippen MR) is 49.5 cm³/mol. The van der Waals surface area contributed by atoms with Crippen molar-refractivity contribution in [3.05, 3.63) is 12.1 Å². The van der Waals surface area contributed by atoms with Gasteiger partial charge in [0.15, 0.2) is 0 Å². The average molecular weight is 204 g/mol. The van der Waals surface area contributed by atoms with Crippen LogP contribution in [0.3, 0.4) is 0 Å². The molecule has 0 fully saturated rings. The van der Waals surface area contributed by atoms with Gasteiger partial charge in [-0.15, -0.1) is 0 Å². The molecule has 1 unspecified atom stereocenters. The summed E-state index contributed by atoms with van der Waals surface area (Å²) >= 11 is 0. The van der Waals surface area contributed by atoms with Crippen LogP contribution in [0.2, 0.25) is 0 Å². The Labute approximate surface area is 76.7 Å². The third-order valence-electron chi connectivity index (χ3n) is 1.35. The fourth-order valence-electron chi connectivity index (χ4n) is 0.702. The molecule has 74 valence electrons. The van der Waals surface area contributed by atoms with E-state index in [0.717, 1.165) is 0 Å². The number of hydrogen-bond acceptors (Lipinski definition) is 4. The molecule has 1 aromatic heterocycles. The standard InChI is InChI=1S/C7H12N2O3S/c1-7(2,10)6-9-4-5(12-6)13(3,8)11/h4,10H,3H2,1-2H3,(H2,8,11). The highest BCUT2D eigenvalue weighted by Crippen LogP contribution is 2.20. The second-order valence-corrected chi connectivity index (χ2v) is 5.12. The smallest absolute Gasteiger partial charge is 0.227 e. The fraction of sp³-hybridized carbons (Fsp3) is 0.429. The number of nitrogens with two attached hydrogens (primary N) is 1. The lowest BCUT2D eigenvalue weighted by Crippen LogP contribution is -2.16. The molecule has 0 amide bonds. The Bertz CT molecular complexity index is 400. The number of rotatable bonds is 2. The first-order valence-electron chi connectivity index (χ1n) is 3.55. The van der Waals surface area contributed by atoms with Gasteiger partial charge in [0.05, 0.1) is 15.9 Å². The van der Waals surface area contributed by atoms with E-state index in [0.29, 0.717) is 0 Å². The molecule has 1 atom stereocenters. The van der Waals surface area contributed by atoms with Gasteiger partial charge >= 0.3 is 0 Å². The summed E-state index contributed by atoms with van der Waals surface area (Å²) in [5.41, 5.74) is -1.21. The van der Waals surface area contributed by atoms with E-state index in [1.807, 2.05) is 0 Å². The molecule has 13 heavy (non-hydrogen) atoms. The maximum Gasteiger partial charge on any atom is 0.227 e. The normalized spacial score (nSPS) is 16.9. The minimum atomic E-state index is -2.88. The van der Waals surface area contributed by atoms with Crippen molar-refractivity contribution in [2.24, 2.45) is 5.14 Å². The summed E-state index contributed by atoms with van der Waals surface area (Å²) < 4.78 is 16.2. The van der Waals surface area contributed by atoms with Crippen LogP contribution in [0.25, 0.3) is 0 Å². The highest BCUT2D eigenvalue weighted by atomic mass is 32.2. The zero-order valence-corrected chi connectivity index (χ0v) is 8.30. The van der Waals surface area contributed by atoms with Crippen LogP contribution < -0.4 is 5.14 Å². The van der Waals surface area contributed by atoms with Crippen LogP contribution in [0, 0.1) is 0 Å². The van der Waals surface area contributed by atoms with Crippen LogP contribution in [-0.2, 0) is 15.3 Å². The van der Waals surface area contributed by atoms with Gasteiger partial charge < -0.3 is 9.52 Å². The third kappa shape index (κ3) is 2.30. The number of nitrogens with zero attached hydrogens (tertiary/aromatic N) is 1. The highest BCUT2D eigenvalue weighted by Gasteiger charge is 2.23. The first-order chi connectivity index (χ1) is 5.71. The van der Waals surface area contributed by atoms with E-state index in [1.165, 1.54) is 20.0 Å². The lowest BCUT2D eigenvalue weighted by atomic mass is 10.1. The molecule has 0 saturated carbocycles. The van der Waals surface area contributed by atoms with Crippen LogP contribution in [0.1, 0.15) is 19.7 Å². The largest absolute Gasteiger partial charge is 0.428 e. The molecule has 0 radical (unpaired) electrons. The van der Waals surface area contributed by atoms with Crippen molar-refractivity contribution in [2.75, 3.05) is 0 Å². The Balaban J connectivity index is 3.16. The molecule has 0 aliphatic carbocycles. The van der Waals surface area contributed by atoms with Gasteiger partial charge in [0.25, 0.3) is 0 Å². The molecular formula is C7H12N2O3S. The summed E-state index contributed by atoms with van der Waals surface area (Å²) in [6.45, 7) is 3.01. The van der Waals surface area contributed by atoms with Gasteiger partial charge in [0.1, 0.15) is 5.60 Å². The Morgan fingerprint density at radius 1 is 1.77 bits per heavy atom. The highest BCUT2D eigenvalue weighted by molar-refractivity contribution is 7.98. The molecule has 1 heterocycles. The van der Waals surface area contributed by atoms with E-state index >= 15 is 0 Å². The van der Waals surface area contributed by atoms with Crippen molar-refractivity contribution in [1.82, 2.24) is 4.98 Å². The first kappa shape index (κ1) is 10.2. The molecule has 0 aliphatic rings. The van der Waals surface area contributed by atoms with Crippen molar-refractivity contribution >= 4 is 15.6 Å². The molecular weight excluding hydrogens is 192 g/mol. The second kappa shape index (κ2) is 2.83. The molecule has 0 spiro atoms. The SMILES string of the molecule is C=S(N)(=O)c1cnc(C(C)(C)O)o1. The quantitative estimate of drug-likeness (QED) is 0.656. The molecule has 0 bridgehead atoms. The van der Waals surface area contributed by atoms with E-state index in [1.54, 1.807) is 0 Å². The Morgan fingerprint density at radius 2 is 2.31 bits per heavy atom. The van der Waals surface area contributed by atoms with Crippen molar-refractivity contribution in [2.45, 2.75) is 24.5 Å². The molecule has 1 rings (SSSR count). The summed E-state index contributed by atoms with van der Waals surface area (Å²) in [7, 11) is -2.88. The summed E-state index contributed by atoms with van der Waals surface area (Å²) in [5.74, 6) is 3.30. The van der Waals surface area contributed by atoms with E-state index in [9.17, 15) is 9.32 Å². The van der Waals surface area contributed by atoms with Crippen molar-refractivity contribution in [3.63, 3.8) is 0 Å². The molecule has 3 N–H and O–H groups in total. The van der Waals surface area contributed by atoms with E-state index in [-0.39, 0.29) is 11.0 Å². The minimum Gasteiger partial charge on any atom is -0.428 e. The van der Waals surface area contributed by atoms with Crippen LogP contribution in [0.5, 0.6) is 0 Å². The molecule has 6 heteroatoms. The average Bonchev–Trinajstić information content (AvgIpc) is 2.28. The molecule has 0 aromatic carbocycles. The van der Waals surface area contributed by atoms with Crippen LogP contribution >= 0.6 is 0 Å². The van der Waals surface area contributed by atoms with Gasteiger partial charge in [-0.2, -0.15) is 0 Å². The summed E-state index contributed by atoms with van der Waals surface area (Å²) in [5, 5.41) is 14.7. The lowest BCUT2D eigenvalue weighted by molar-refractivity contribution is 0.0446. The fourth-order valence-corrected chi connectivity index (χ4v) is 1.15. The summed E-state index contributed by atoms with van der Waals surface area (Å²) in [6, 6.07) is 0. The maximum atomic E-state index is 11.2. The van der Waals surface area contributed by atoms with E-state index in [2.05, 4.69) is 10.9 Å². The van der Waals surface area contributed by atoms with Crippen LogP contribution in [-0.4, -0.2) is 20.2 Å². The zero-order chi connectivity index (χ0) is 10.3. The Hall–Kier alpha value is -0.850. The number of oxazole rings is 1. The van der Waals surface area contributed by atoms with Crippen molar-refractivity contribution in [3.8, 4) is 0 Å². The van der Waals surface area contributed by atoms with Gasteiger partial charge in [-0.25, -0.2) is 9.19 Å². The Kier molecular flexibility index (Phi) is 2.23. The van der Waals surface area contributed by atoms with Crippen LogP contribution in [0.4, 0.5) is 0 Å². The Morgan fingerprint density at radius 3 is 2.54 bits per heavy atom. The topological polar surface area (TPSA) is 89.4 Å². The van der Waals surface area contributed by atoms with Crippen molar-refractivity contribution in [1.29, 1.82) is 0 Å². The van der Waals surface area contributed by atoms with Gasteiger partial charge in [-0.05, 0) is 19.7 Å². The zero-order valence-electron chi connectivity index (χ0n) is 7.48. The summed E-state index contributed by atoms with van der Waals surface area (Å²) in [4.78, 5) is 3.74. The second-order valence-electron chi connectivity index (χ2n) is 3.27. The molecule has 1 aromatic rings. The van der Waals surface area contributed by atoms with Gasteiger partial charge in [-0.1, -0.05) is 0 Å². The number of aliphatic hydroxyl groups is 1. The lowest BCUT2D eigenvalue weighted by Gasteiger charge is -2.10. The molecule has 0 aliphatic heterocycles. The van der Waals surface area contributed by atoms with Gasteiger partial charge in [0.2, 0.25) is 11.0 Å². The van der Waals surface area contributed by atoms with Gasteiger partial charge in [0, 0.05) is 0 Å². The number of aromatic nitrogens is 1. The van der Waals surface area contributed by atoms with E-state index in [4.69, 9.17) is 9.56 Å². The van der Waals surface area contributed by atoms with Gasteiger partial charge in [-0.3, -0.25) is 5.14 Å². The van der Waals surface area contributed by atoms with E-state index < -0.39 is 15.3 Å². The summed E-state index contributed by atoms with van der Waals surface area (Å²) in [6.07, 6.45) is 1.21. The predicted octanol–water partition coefficient (Wildman–Crippen LogP) is -0.149. The van der Waals surface area contributed by atoms with Crippen molar-refractivity contribution < 1.29 is 13.7 Å². The number of hydrogen-bond donors (Lipinski definition) is 2.